The number of benzene rings is 1. The number of carbonyl (C=O) groups excluding carboxylic acids is 1. The normalized spacial score (nSPS) is 10.3. The van der Waals surface area contributed by atoms with Crippen molar-refractivity contribution in [3.05, 3.63) is 34.9 Å². The number of fused-ring (bicyclic) bond motifs is 1. The molecule has 0 unspecified atom stereocenters. The molecular formula is C16H17ClN4O. The molecule has 1 aromatic heterocycles. The van der Waals surface area contributed by atoms with Crippen LogP contribution in [0.15, 0.2) is 24.3 Å². The first-order valence-electron chi connectivity index (χ1n) is 7.11. The summed E-state index contributed by atoms with van der Waals surface area (Å²) < 4.78 is 0. The Morgan fingerprint density at radius 3 is 2.82 bits per heavy atom. The van der Waals surface area contributed by atoms with Gasteiger partial charge < -0.3 is 10.2 Å². The zero-order valence-corrected chi connectivity index (χ0v) is 13.3. The van der Waals surface area contributed by atoms with Crippen molar-refractivity contribution in [1.29, 1.82) is 5.26 Å². The number of nitrogens with one attached hydrogen (secondary N) is 1. The van der Waals surface area contributed by atoms with Gasteiger partial charge in [0.15, 0.2) is 0 Å². The molecule has 1 N–H and O–H groups in total. The van der Waals surface area contributed by atoms with Crippen LogP contribution >= 0.6 is 11.6 Å². The summed E-state index contributed by atoms with van der Waals surface area (Å²) in [4.78, 5) is 18.2. The van der Waals surface area contributed by atoms with Gasteiger partial charge in [0.25, 0.3) is 0 Å². The van der Waals surface area contributed by atoms with Crippen molar-refractivity contribution in [2.75, 3.05) is 24.5 Å². The van der Waals surface area contributed by atoms with E-state index >= 15 is 0 Å². The lowest BCUT2D eigenvalue weighted by molar-refractivity contribution is -0.119. The van der Waals surface area contributed by atoms with Crippen molar-refractivity contribution in [2.45, 2.75) is 13.8 Å². The van der Waals surface area contributed by atoms with E-state index in [9.17, 15) is 10.1 Å². The van der Waals surface area contributed by atoms with E-state index in [0.717, 1.165) is 0 Å². The van der Waals surface area contributed by atoms with E-state index in [0.29, 0.717) is 40.4 Å². The zero-order chi connectivity index (χ0) is 16.1. The summed E-state index contributed by atoms with van der Waals surface area (Å²) in [6, 6.07) is 9.11. The van der Waals surface area contributed by atoms with Crippen LogP contribution in [0.5, 0.6) is 0 Å². The van der Waals surface area contributed by atoms with Gasteiger partial charge in [-0.3, -0.25) is 4.79 Å². The van der Waals surface area contributed by atoms with Gasteiger partial charge in [-0.05, 0) is 38.1 Å². The number of rotatable bonds is 5. The fraction of sp³-hybridized carbons (Fsp3) is 0.312. The third-order valence-corrected chi connectivity index (χ3v) is 3.53. The van der Waals surface area contributed by atoms with Crippen LogP contribution in [0.25, 0.3) is 10.9 Å². The minimum atomic E-state index is -0.0686. The summed E-state index contributed by atoms with van der Waals surface area (Å²) in [5, 5.41) is 13.4. The molecule has 0 aliphatic carbocycles. The molecule has 0 radical (unpaired) electrons. The van der Waals surface area contributed by atoms with E-state index in [-0.39, 0.29) is 12.5 Å². The van der Waals surface area contributed by atoms with Crippen LogP contribution < -0.4 is 10.2 Å². The van der Waals surface area contributed by atoms with Crippen LogP contribution in [0.3, 0.4) is 0 Å². The van der Waals surface area contributed by atoms with E-state index in [1.165, 1.54) is 0 Å². The number of aromatic nitrogens is 1. The molecule has 2 rings (SSSR count). The second-order valence-corrected chi connectivity index (χ2v) is 5.21. The van der Waals surface area contributed by atoms with E-state index in [1.54, 1.807) is 24.3 Å². The van der Waals surface area contributed by atoms with Gasteiger partial charge in [0, 0.05) is 23.5 Å². The first kappa shape index (κ1) is 16.1. The average Bonchev–Trinajstić information content (AvgIpc) is 2.52. The van der Waals surface area contributed by atoms with Crippen molar-refractivity contribution in [2.24, 2.45) is 0 Å². The van der Waals surface area contributed by atoms with Crippen LogP contribution in [0, 0.1) is 11.3 Å². The van der Waals surface area contributed by atoms with E-state index < -0.39 is 0 Å². The SMILES string of the molecule is CCNC(=O)CN(CC)c1cc(C#N)c2cc(Cl)ccc2n1. The molecule has 1 amide bonds. The number of likely N-dealkylation sites (N-methyl/N-ethyl adjacent to an activating group) is 2. The Morgan fingerprint density at radius 2 is 2.18 bits per heavy atom. The summed E-state index contributed by atoms with van der Waals surface area (Å²) in [6.45, 7) is 5.23. The molecule has 6 heteroatoms. The van der Waals surface area contributed by atoms with E-state index in [2.05, 4.69) is 16.4 Å². The van der Waals surface area contributed by atoms with Gasteiger partial charge in [-0.15, -0.1) is 0 Å². The molecule has 0 spiro atoms. The van der Waals surface area contributed by atoms with Crippen molar-refractivity contribution >= 4 is 34.2 Å². The van der Waals surface area contributed by atoms with E-state index in [4.69, 9.17) is 11.6 Å². The molecular weight excluding hydrogens is 300 g/mol. The standard InChI is InChI=1S/C16H17ClN4O/c1-3-19-16(22)10-21(4-2)15-7-11(9-18)13-8-12(17)5-6-14(13)20-15/h5-8H,3-4,10H2,1-2H3,(H,19,22). The number of pyridine rings is 1. The average molecular weight is 317 g/mol. The molecule has 22 heavy (non-hydrogen) atoms. The molecule has 1 heterocycles. The Kier molecular flexibility index (Phi) is 5.18. The first-order valence-corrected chi connectivity index (χ1v) is 7.48. The number of nitriles is 1. The van der Waals surface area contributed by atoms with Crippen molar-refractivity contribution < 1.29 is 4.79 Å². The highest BCUT2D eigenvalue weighted by molar-refractivity contribution is 6.31. The van der Waals surface area contributed by atoms with Crippen molar-refractivity contribution in [3.8, 4) is 6.07 Å². The molecule has 0 saturated carbocycles. The van der Waals surface area contributed by atoms with Gasteiger partial charge in [-0.1, -0.05) is 11.6 Å². The molecule has 0 atom stereocenters. The van der Waals surface area contributed by atoms with Crippen LogP contribution in [-0.2, 0) is 4.79 Å². The molecule has 0 bridgehead atoms. The Balaban J connectivity index is 2.44. The molecule has 5 nitrogen and oxygen atoms in total. The lowest BCUT2D eigenvalue weighted by Crippen LogP contribution is -2.37. The highest BCUT2D eigenvalue weighted by atomic mass is 35.5. The number of anilines is 1. The van der Waals surface area contributed by atoms with Crippen LogP contribution in [0.4, 0.5) is 5.82 Å². The van der Waals surface area contributed by atoms with Crippen LogP contribution in [0.2, 0.25) is 5.02 Å². The van der Waals surface area contributed by atoms with Crippen molar-refractivity contribution in [3.63, 3.8) is 0 Å². The maximum atomic E-state index is 11.8. The molecule has 0 aliphatic rings. The Bertz CT molecular complexity index is 739. The monoisotopic (exact) mass is 316 g/mol. The highest BCUT2D eigenvalue weighted by Gasteiger charge is 2.14. The second kappa shape index (κ2) is 7.10. The van der Waals surface area contributed by atoms with Gasteiger partial charge in [0.2, 0.25) is 5.91 Å². The van der Waals surface area contributed by atoms with Crippen LogP contribution in [0.1, 0.15) is 19.4 Å². The minimum Gasteiger partial charge on any atom is -0.355 e. The number of nitrogens with zero attached hydrogens (tertiary/aromatic N) is 3. The molecule has 1 aromatic carbocycles. The molecule has 0 aliphatic heterocycles. The summed E-state index contributed by atoms with van der Waals surface area (Å²) >= 11 is 5.98. The van der Waals surface area contributed by atoms with Gasteiger partial charge >= 0.3 is 0 Å². The van der Waals surface area contributed by atoms with Gasteiger partial charge in [0.05, 0.1) is 23.7 Å². The Hall–Kier alpha value is -2.32. The second-order valence-electron chi connectivity index (χ2n) is 4.77. The highest BCUT2D eigenvalue weighted by Crippen LogP contribution is 2.25. The lowest BCUT2D eigenvalue weighted by Gasteiger charge is -2.22. The topological polar surface area (TPSA) is 69.0 Å². The predicted molar refractivity (Wildman–Crippen MR) is 88.0 cm³/mol. The summed E-state index contributed by atoms with van der Waals surface area (Å²) in [6.07, 6.45) is 0. The van der Waals surface area contributed by atoms with Gasteiger partial charge in [-0.2, -0.15) is 5.26 Å². The Labute approximate surface area is 134 Å². The summed E-state index contributed by atoms with van der Waals surface area (Å²) in [7, 11) is 0. The number of hydrogen-bond acceptors (Lipinski definition) is 4. The van der Waals surface area contributed by atoms with Gasteiger partial charge in [0.1, 0.15) is 5.82 Å². The number of hydrogen-bond donors (Lipinski definition) is 1. The van der Waals surface area contributed by atoms with Gasteiger partial charge in [-0.25, -0.2) is 4.98 Å². The third-order valence-electron chi connectivity index (χ3n) is 3.29. The molecule has 0 saturated heterocycles. The molecule has 114 valence electrons. The number of carbonyl (C=O) groups is 1. The zero-order valence-electron chi connectivity index (χ0n) is 12.6. The van der Waals surface area contributed by atoms with Crippen molar-refractivity contribution in [1.82, 2.24) is 10.3 Å². The van der Waals surface area contributed by atoms with Crippen LogP contribution in [-0.4, -0.2) is 30.5 Å². The quantitative estimate of drug-likeness (QED) is 0.921. The largest absolute Gasteiger partial charge is 0.355 e. The Morgan fingerprint density at radius 1 is 1.41 bits per heavy atom. The number of amides is 1. The maximum absolute atomic E-state index is 11.8. The smallest absolute Gasteiger partial charge is 0.239 e. The fourth-order valence-corrected chi connectivity index (χ4v) is 2.39. The minimum absolute atomic E-state index is 0.0686. The molecule has 2 aromatic rings. The summed E-state index contributed by atoms with van der Waals surface area (Å²) in [5.41, 5.74) is 1.18. The lowest BCUT2D eigenvalue weighted by atomic mass is 10.1. The molecule has 0 fully saturated rings. The predicted octanol–water partition coefficient (Wildman–Crippen LogP) is 2.72. The first-order chi connectivity index (χ1) is 10.6. The fourth-order valence-electron chi connectivity index (χ4n) is 2.22. The third kappa shape index (κ3) is 3.46. The van der Waals surface area contributed by atoms with E-state index in [1.807, 2.05) is 18.7 Å². The number of halogens is 1. The maximum Gasteiger partial charge on any atom is 0.239 e. The summed E-state index contributed by atoms with van der Waals surface area (Å²) in [5.74, 6) is 0.543.